The van der Waals surface area contributed by atoms with Gasteiger partial charge in [-0.15, -0.1) is 0 Å². The van der Waals surface area contributed by atoms with Crippen LogP contribution in [-0.4, -0.2) is 11.5 Å². The van der Waals surface area contributed by atoms with Crippen LogP contribution in [0.4, 0.5) is 10.1 Å². The van der Waals surface area contributed by atoms with Gasteiger partial charge in [-0.1, -0.05) is 42.0 Å². The fourth-order valence-electron chi connectivity index (χ4n) is 2.80. The summed E-state index contributed by atoms with van der Waals surface area (Å²) in [4.78, 5) is 4.76. The summed E-state index contributed by atoms with van der Waals surface area (Å²) in [6, 6.07) is 22.3. The Morgan fingerprint density at radius 1 is 0.840 bits per heavy atom. The molecule has 4 rings (SSSR count). The summed E-state index contributed by atoms with van der Waals surface area (Å²) in [6.07, 6.45) is 0. The van der Waals surface area contributed by atoms with E-state index in [1.165, 1.54) is 12.1 Å². The number of hydrogen-bond acceptors (Lipinski definition) is 3. The normalized spacial score (nSPS) is 13.2. The summed E-state index contributed by atoms with van der Waals surface area (Å²) in [5.74, 6) is 0.416. The van der Waals surface area contributed by atoms with Crippen LogP contribution >= 0.6 is 0 Å². The van der Waals surface area contributed by atoms with Gasteiger partial charge in [0.05, 0.1) is 11.4 Å². The summed E-state index contributed by atoms with van der Waals surface area (Å²) in [7, 11) is 0. The summed E-state index contributed by atoms with van der Waals surface area (Å²) in [5, 5.41) is 4.58. The molecule has 1 aliphatic rings. The Bertz CT molecular complexity index is 974. The maximum absolute atomic E-state index is 13.3. The molecule has 0 atom stereocenters. The van der Waals surface area contributed by atoms with Gasteiger partial charge in [-0.2, -0.15) is 5.10 Å². The molecule has 3 nitrogen and oxygen atoms in total. The molecule has 0 spiro atoms. The van der Waals surface area contributed by atoms with Crippen molar-refractivity contribution in [3.63, 3.8) is 0 Å². The first-order chi connectivity index (χ1) is 12.2. The minimum atomic E-state index is -0.267. The lowest BCUT2D eigenvalue weighted by Crippen LogP contribution is -2.19. The number of hydrogen-bond donors (Lipinski definition) is 1. The van der Waals surface area contributed by atoms with Crippen molar-refractivity contribution >= 4 is 17.2 Å². The zero-order valence-corrected chi connectivity index (χ0v) is 13.7. The van der Waals surface area contributed by atoms with Gasteiger partial charge in [0, 0.05) is 16.7 Å². The summed E-state index contributed by atoms with van der Waals surface area (Å²) < 4.78 is 13.3. The molecule has 0 aliphatic carbocycles. The SMILES string of the molecule is Cc1ccc2c(c1)C(c1ccc(F)cc1)=NNC(c1ccccc1)=N2. The quantitative estimate of drug-likeness (QED) is 0.735. The van der Waals surface area contributed by atoms with Crippen molar-refractivity contribution in [2.24, 2.45) is 10.1 Å². The van der Waals surface area contributed by atoms with Gasteiger partial charge in [-0.3, -0.25) is 5.43 Å². The third-order valence-corrected chi connectivity index (χ3v) is 4.08. The Balaban J connectivity index is 1.87. The van der Waals surface area contributed by atoms with Crippen LogP contribution in [0, 0.1) is 12.7 Å². The fourth-order valence-corrected chi connectivity index (χ4v) is 2.80. The summed E-state index contributed by atoms with van der Waals surface area (Å²) in [5.41, 5.74) is 8.48. The van der Waals surface area contributed by atoms with Crippen molar-refractivity contribution < 1.29 is 4.39 Å². The molecular weight excluding hydrogens is 313 g/mol. The predicted molar refractivity (Wildman–Crippen MR) is 99.0 cm³/mol. The first-order valence-electron chi connectivity index (χ1n) is 8.05. The third kappa shape index (κ3) is 3.06. The predicted octanol–water partition coefficient (Wildman–Crippen LogP) is 4.57. The molecule has 0 bridgehead atoms. The molecule has 3 aromatic rings. The highest BCUT2D eigenvalue weighted by molar-refractivity contribution is 6.18. The van der Waals surface area contributed by atoms with E-state index in [9.17, 15) is 4.39 Å². The highest BCUT2D eigenvalue weighted by atomic mass is 19.1. The van der Waals surface area contributed by atoms with Gasteiger partial charge in [0.1, 0.15) is 5.82 Å². The highest BCUT2D eigenvalue weighted by Gasteiger charge is 2.17. The monoisotopic (exact) mass is 329 g/mol. The van der Waals surface area contributed by atoms with Crippen molar-refractivity contribution in [1.29, 1.82) is 0 Å². The van der Waals surface area contributed by atoms with E-state index in [2.05, 4.69) is 16.6 Å². The van der Waals surface area contributed by atoms with E-state index in [1.807, 2.05) is 49.4 Å². The van der Waals surface area contributed by atoms with Gasteiger partial charge in [-0.25, -0.2) is 9.38 Å². The standard InChI is InChI=1S/C21H16FN3/c1-14-7-12-19-18(13-14)20(15-8-10-17(22)11-9-15)24-25-21(23-19)16-5-3-2-4-6-16/h2-13H,1H3,(H,23,25). The molecule has 0 radical (unpaired) electrons. The lowest BCUT2D eigenvalue weighted by Gasteiger charge is -2.08. The molecule has 3 aromatic carbocycles. The average molecular weight is 329 g/mol. The maximum Gasteiger partial charge on any atom is 0.154 e. The molecule has 0 saturated heterocycles. The van der Waals surface area contributed by atoms with Crippen LogP contribution in [0.15, 0.2) is 82.9 Å². The molecule has 0 fully saturated rings. The van der Waals surface area contributed by atoms with Crippen molar-refractivity contribution in [3.05, 3.63) is 101 Å². The van der Waals surface area contributed by atoms with E-state index < -0.39 is 0 Å². The van der Waals surface area contributed by atoms with Crippen molar-refractivity contribution in [1.82, 2.24) is 5.43 Å². The Labute approximate surface area is 145 Å². The average Bonchev–Trinajstić information content (AvgIpc) is 2.83. The second kappa shape index (κ2) is 6.32. The first kappa shape index (κ1) is 15.3. The van der Waals surface area contributed by atoms with E-state index in [4.69, 9.17) is 4.99 Å². The molecule has 0 aromatic heterocycles. The van der Waals surface area contributed by atoms with E-state index >= 15 is 0 Å². The maximum atomic E-state index is 13.3. The van der Waals surface area contributed by atoms with Crippen molar-refractivity contribution in [2.45, 2.75) is 6.92 Å². The minimum absolute atomic E-state index is 0.267. The Hall–Kier alpha value is -3.27. The van der Waals surface area contributed by atoms with Gasteiger partial charge >= 0.3 is 0 Å². The zero-order chi connectivity index (χ0) is 17.2. The van der Waals surface area contributed by atoms with Gasteiger partial charge in [0.25, 0.3) is 0 Å². The molecule has 0 unspecified atom stereocenters. The Kier molecular flexibility index (Phi) is 3.86. The van der Waals surface area contributed by atoms with E-state index in [0.717, 1.165) is 33.7 Å². The van der Waals surface area contributed by atoms with Crippen LogP contribution in [0.25, 0.3) is 0 Å². The van der Waals surface area contributed by atoms with Crippen molar-refractivity contribution in [3.8, 4) is 0 Å². The number of nitrogens with zero attached hydrogens (tertiary/aromatic N) is 2. The number of nitrogens with one attached hydrogen (secondary N) is 1. The van der Waals surface area contributed by atoms with Crippen LogP contribution in [-0.2, 0) is 0 Å². The van der Waals surface area contributed by atoms with Crippen LogP contribution in [0.2, 0.25) is 0 Å². The number of amidine groups is 1. The lowest BCUT2D eigenvalue weighted by atomic mass is 9.99. The first-order valence-corrected chi connectivity index (χ1v) is 8.05. The molecule has 0 saturated carbocycles. The number of rotatable bonds is 2. The van der Waals surface area contributed by atoms with Gasteiger partial charge in [0.15, 0.2) is 5.84 Å². The summed E-state index contributed by atoms with van der Waals surface area (Å²) >= 11 is 0. The smallest absolute Gasteiger partial charge is 0.154 e. The van der Waals surface area contributed by atoms with E-state index in [0.29, 0.717) is 5.84 Å². The fraction of sp³-hybridized carbons (Fsp3) is 0.0476. The van der Waals surface area contributed by atoms with Crippen molar-refractivity contribution in [2.75, 3.05) is 0 Å². The number of benzene rings is 3. The molecule has 122 valence electrons. The largest absolute Gasteiger partial charge is 0.260 e. The number of hydrazone groups is 1. The van der Waals surface area contributed by atoms with Crippen LogP contribution in [0.1, 0.15) is 22.3 Å². The molecular formula is C21H16FN3. The molecule has 1 heterocycles. The Morgan fingerprint density at radius 3 is 2.36 bits per heavy atom. The number of aryl methyl sites for hydroxylation is 1. The molecule has 1 N–H and O–H groups in total. The third-order valence-electron chi connectivity index (χ3n) is 4.08. The summed E-state index contributed by atoms with van der Waals surface area (Å²) in [6.45, 7) is 2.03. The molecule has 4 heteroatoms. The van der Waals surface area contributed by atoms with Crippen LogP contribution in [0.3, 0.4) is 0 Å². The number of aliphatic imine (C=N–C) groups is 1. The van der Waals surface area contributed by atoms with E-state index in [1.54, 1.807) is 12.1 Å². The van der Waals surface area contributed by atoms with Gasteiger partial charge in [0.2, 0.25) is 0 Å². The lowest BCUT2D eigenvalue weighted by molar-refractivity contribution is 0.628. The van der Waals surface area contributed by atoms with Gasteiger partial charge in [-0.05, 0) is 43.3 Å². The molecule has 1 aliphatic heterocycles. The van der Waals surface area contributed by atoms with E-state index in [-0.39, 0.29) is 5.82 Å². The molecule has 0 amide bonds. The minimum Gasteiger partial charge on any atom is -0.260 e. The second-order valence-electron chi connectivity index (χ2n) is 5.93. The van der Waals surface area contributed by atoms with Crippen LogP contribution in [0.5, 0.6) is 0 Å². The number of halogens is 1. The number of fused-ring (bicyclic) bond motifs is 1. The molecule has 25 heavy (non-hydrogen) atoms. The highest BCUT2D eigenvalue weighted by Crippen LogP contribution is 2.27. The topological polar surface area (TPSA) is 36.8 Å². The zero-order valence-electron chi connectivity index (χ0n) is 13.7. The second-order valence-corrected chi connectivity index (χ2v) is 5.93. The van der Waals surface area contributed by atoms with Gasteiger partial charge < -0.3 is 0 Å². The van der Waals surface area contributed by atoms with Crippen LogP contribution < -0.4 is 5.43 Å². The Morgan fingerprint density at radius 2 is 1.60 bits per heavy atom.